The number of guanidine groups is 6. The van der Waals surface area contributed by atoms with Gasteiger partial charge in [0.05, 0.1) is 6.04 Å². The van der Waals surface area contributed by atoms with Crippen LogP contribution in [-0.2, 0) is 83.2 Å². The predicted molar refractivity (Wildman–Crippen MR) is 530 cm³/mol. The maximum absolute atomic E-state index is 15.7. The Hall–Kier alpha value is -15.7. The molecule has 47 heteroatoms. The highest BCUT2D eigenvalue weighted by Gasteiger charge is 2.39. The number of aromatic nitrogens is 4. The lowest BCUT2D eigenvalue weighted by Gasteiger charge is -2.29. The second kappa shape index (κ2) is 54.7. The molecule has 0 aliphatic heterocycles. The SMILES string of the molecule is CC(C)C[C@H](NC(=O)[C@H](Cc1c[nH]c2ccccc12)NC(=O)[C@H](CCCNC(=N)N)NC(=O)[C@H](CCCNC(=N)N)NC(=O)[C@H](CC(C)C)NC(=O)[C@H](Cc1c[nH]c2ccccc12)NC(=O)[C@@H](N)CCCNC(=N)N)C(=O)N[C@@H](CCCNC(=N)N)C(=O)N[C@@H](Cc1c[nH]c2ccccc12)C(=O)N[C@@H](Cc1c[nH]c2ccccc12)C(=O)N[C@@H](CCCNC(=N)N)C(=O)N[C@@H](CCCNC(=N)N)C(N)=O. The second-order valence-corrected chi connectivity index (χ2v) is 35.1. The number of H-pyrrole nitrogens is 4. The van der Waals surface area contributed by atoms with E-state index in [0.29, 0.717) is 61.4 Å². The minimum atomic E-state index is -1.60. The molecule has 8 rings (SSSR count). The maximum Gasteiger partial charge on any atom is 0.243 e. The van der Waals surface area contributed by atoms with Gasteiger partial charge in [-0.25, -0.2) is 0 Å². The summed E-state index contributed by atoms with van der Waals surface area (Å²) in [6.07, 6.45) is 6.04. The molecule has 0 fully saturated rings. The number of rotatable bonds is 59. The van der Waals surface area contributed by atoms with Crippen LogP contribution in [0.25, 0.3) is 43.6 Å². The smallest absolute Gasteiger partial charge is 0.243 e. The summed E-state index contributed by atoms with van der Waals surface area (Å²) in [6, 6.07) is 11.4. The van der Waals surface area contributed by atoms with E-state index in [9.17, 15) is 19.2 Å². The van der Waals surface area contributed by atoms with Crippen molar-refractivity contribution in [3.05, 3.63) is 144 Å². The van der Waals surface area contributed by atoms with Gasteiger partial charge in [-0.2, -0.15) is 0 Å². The van der Waals surface area contributed by atoms with Gasteiger partial charge >= 0.3 is 0 Å². The van der Waals surface area contributed by atoms with Crippen LogP contribution in [0, 0.1) is 44.3 Å². The fourth-order valence-corrected chi connectivity index (χ4v) is 16.0. The van der Waals surface area contributed by atoms with Gasteiger partial charge in [0.2, 0.25) is 70.9 Å². The minimum Gasteiger partial charge on any atom is -0.370 e. The van der Waals surface area contributed by atoms with Crippen molar-refractivity contribution in [3.63, 3.8) is 0 Å². The quantitative estimate of drug-likeness (QED) is 0.0108. The van der Waals surface area contributed by atoms with Crippen LogP contribution in [-0.4, -0.2) is 238 Å². The lowest BCUT2D eigenvalue weighted by atomic mass is 9.99. The summed E-state index contributed by atoms with van der Waals surface area (Å²) in [6.45, 7) is 7.63. The van der Waals surface area contributed by atoms with E-state index in [2.05, 4.69) is 110 Å². The molecule has 0 aliphatic rings. The zero-order valence-electron chi connectivity index (χ0n) is 78.6. The Kier molecular flexibility index (Phi) is 42.7. The molecule has 4 aromatic heterocycles. The molecule has 139 heavy (non-hydrogen) atoms. The van der Waals surface area contributed by atoms with Crippen LogP contribution in [0.1, 0.15) is 140 Å². The van der Waals surface area contributed by atoms with Gasteiger partial charge in [-0.05, 0) is 148 Å². The monoisotopic (exact) mass is 1920 g/mol. The van der Waals surface area contributed by atoms with Crippen LogP contribution < -0.4 is 136 Å². The van der Waals surface area contributed by atoms with Crippen molar-refractivity contribution in [2.75, 3.05) is 39.3 Å². The molecule has 0 radical (unpaired) electrons. The zero-order valence-corrected chi connectivity index (χ0v) is 78.6. The molecule has 0 aliphatic carbocycles. The molecule has 0 spiro atoms. The van der Waals surface area contributed by atoms with Crippen molar-refractivity contribution in [1.82, 2.24) is 110 Å². The summed E-state index contributed by atoms with van der Waals surface area (Å²) in [5, 5.41) is 96.1. The number of aromatic amines is 4. The van der Waals surface area contributed by atoms with E-state index in [4.69, 9.17) is 78.3 Å². The first-order chi connectivity index (χ1) is 66.3. The topological polar surface area (TPSA) is 824 Å². The van der Waals surface area contributed by atoms with Gasteiger partial charge in [0, 0.05) is 133 Å². The summed E-state index contributed by atoms with van der Waals surface area (Å²) >= 11 is 0. The number of para-hydroxylation sites is 4. The third-order valence-corrected chi connectivity index (χ3v) is 23.1. The Labute approximate surface area is 803 Å². The number of carbonyl (C=O) groups excluding carboxylic acids is 12. The van der Waals surface area contributed by atoms with Crippen molar-refractivity contribution < 1.29 is 57.5 Å². The fourth-order valence-electron chi connectivity index (χ4n) is 16.0. The van der Waals surface area contributed by atoms with Crippen LogP contribution in [0.15, 0.2) is 122 Å². The molecule has 0 saturated heterocycles. The lowest BCUT2D eigenvalue weighted by Crippen LogP contribution is -2.61. The van der Waals surface area contributed by atoms with Gasteiger partial charge in [-0.15, -0.1) is 0 Å². The molecule has 0 bridgehead atoms. The van der Waals surface area contributed by atoms with Crippen LogP contribution in [0.2, 0.25) is 0 Å². The molecule has 4 aromatic carbocycles. The molecule has 0 saturated carbocycles. The molecule has 43 N–H and O–H groups in total. The van der Waals surface area contributed by atoms with Gasteiger partial charge in [-0.1, -0.05) is 100 Å². The van der Waals surface area contributed by atoms with Gasteiger partial charge in [0.1, 0.15) is 66.5 Å². The van der Waals surface area contributed by atoms with Crippen LogP contribution in [0.4, 0.5) is 0 Å². The molecule has 4 heterocycles. The number of hydrogen-bond acceptors (Lipinski definition) is 19. The highest BCUT2D eigenvalue weighted by Crippen LogP contribution is 2.26. The van der Waals surface area contributed by atoms with E-state index in [1.54, 1.807) is 125 Å². The largest absolute Gasteiger partial charge is 0.370 e. The molecule has 0 unspecified atom stereocenters. The van der Waals surface area contributed by atoms with E-state index >= 15 is 38.4 Å². The predicted octanol–water partition coefficient (Wildman–Crippen LogP) is -2.30. The van der Waals surface area contributed by atoms with Crippen molar-refractivity contribution in [2.45, 2.75) is 216 Å². The Balaban J connectivity index is 1.10. The highest BCUT2D eigenvalue weighted by atomic mass is 16.2. The van der Waals surface area contributed by atoms with Crippen molar-refractivity contribution in [3.8, 4) is 0 Å². The van der Waals surface area contributed by atoms with E-state index < -0.39 is 161 Å². The standard InChI is InChI=1S/C92H137N35O12/c1-49(2)39-69(123-84(137)71(41-51-45-113-60-24-9-5-19-55(51)60)122-76(129)59(93)23-13-33-107-87(95)96)81(134)119-66(30-16-36-110-90(101)102)78(131)118-67(31-17-37-111-91(103)104)79(132)125-73(43-53-47-115-62-26-11-7-21-57(53)62)85(138)124-70(40-50(3)4)82(135)120-68(32-18-38-112-92(105)106)80(133)126-74(44-54-48-116-63-27-12-8-22-58(54)63)86(139)127-72(42-52-46-114-61-25-10-6-20-56(52)61)83(136)121-65(29-15-35-109-89(99)100)77(130)117-64(75(94)128)28-14-34-108-88(97)98/h5-12,19-22,24-27,45-50,59,64-74,113-116H,13-18,23,28-44,93H2,1-4H3,(H2,94,128)(H,117,130)(H,118,131)(H,119,134)(H,120,135)(H,121,136)(H,122,129)(H,123,137)(H,124,138)(H,125,132)(H,126,133)(H,127,139)(H4,95,96,107)(H4,97,98,108)(H4,99,100,109)(H4,101,102,110)(H4,103,104,111)(H4,105,106,112)/t59-,64-,65-,66-,67-,68-,69-,70-,71-,72-,73-,74-/m0/s1. The van der Waals surface area contributed by atoms with Crippen molar-refractivity contribution in [2.24, 2.45) is 57.7 Å². The number of carbonyl (C=O) groups is 12. The summed E-state index contributed by atoms with van der Waals surface area (Å²) in [5.41, 5.74) is 50.7. The molecule has 12 amide bonds. The van der Waals surface area contributed by atoms with E-state index in [-0.39, 0.29) is 178 Å². The first-order valence-corrected chi connectivity index (χ1v) is 46.4. The van der Waals surface area contributed by atoms with Crippen LogP contribution >= 0.6 is 0 Å². The normalized spacial score (nSPS) is 13.8. The molecule has 752 valence electrons. The summed E-state index contributed by atoms with van der Waals surface area (Å²) < 4.78 is 0. The van der Waals surface area contributed by atoms with E-state index in [1.807, 2.05) is 24.3 Å². The average molecular weight is 1930 g/mol. The first kappa shape index (κ1) is 109. The number of nitrogens with two attached hydrogens (primary N) is 8. The third-order valence-electron chi connectivity index (χ3n) is 23.1. The molecule has 47 nitrogen and oxygen atoms in total. The van der Waals surface area contributed by atoms with Gasteiger partial charge in [0.15, 0.2) is 35.8 Å². The molecular formula is C92H137N35O12. The van der Waals surface area contributed by atoms with Gasteiger partial charge < -0.3 is 156 Å². The minimum absolute atomic E-state index is 0.000208. The van der Waals surface area contributed by atoms with E-state index in [1.165, 1.54) is 0 Å². The second-order valence-electron chi connectivity index (χ2n) is 35.1. The Morgan fingerprint density at radius 3 is 0.676 bits per heavy atom. The van der Waals surface area contributed by atoms with Crippen LogP contribution in [0.5, 0.6) is 0 Å². The maximum atomic E-state index is 15.7. The van der Waals surface area contributed by atoms with Gasteiger partial charge in [-0.3, -0.25) is 90.0 Å². The summed E-state index contributed by atoms with van der Waals surface area (Å²) in [4.78, 5) is 193. The number of nitrogens with one attached hydrogen (secondary N) is 27. The zero-order chi connectivity index (χ0) is 101. The van der Waals surface area contributed by atoms with Crippen LogP contribution in [0.3, 0.4) is 0 Å². The lowest BCUT2D eigenvalue weighted by molar-refractivity contribution is -0.136. The average Bonchev–Trinajstić information content (AvgIpc) is 1.69. The van der Waals surface area contributed by atoms with Crippen molar-refractivity contribution >= 4 is 150 Å². The third kappa shape index (κ3) is 35.8. The van der Waals surface area contributed by atoms with Crippen molar-refractivity contribution in [1.29, 1.82) is 32.5 Å². The summed E-state index contributed by atoms with van der Waals surface area (Å²) in [5.74, 6) is -13.3. The Morgan fingerprint density at radius 2 is 0.446 bits per heavy atom. The number of amides is 12. The number of primary amides is 1. The molecule has 8 aromatic rings. The first-order valence-electron chi connectivity index (χ1n) is 46.4. The number of hydrogen-bond donors (Lipinski definition) is 35. The van der Waals surface area contributed by atoms with Gasteiger partial charge in [0.25, 0.3) is 0 Å². The Bertz CT molecular complexity index is 5590. The highest BCUT2D eigenvalue weighted by molar-refractivity contribution is 6.01. The molecule has 12 atom stereocenters. The number of fused-ring (bicyclic) bond motifs is 4. The molecular weight excluding hydrogens is 1790 g/mol. The summed E-state index contributed by atoms with van der Waals surface area (Å²) in [7, 11) is 0. The van der Waals surface area contributed by atoms with E-state index in [0.717, 1.165) is 10.9 Å². The Morgan fingerprint density at radius 1 is 0.259 bits per heavy atom. The fraction of sp³-hybridized carbons (Fsp3) is 0.457. The number of benzene rings is 4.